The molecule has 3 aromatic heterocycles. The highest BCUT2D eigenvalue weighted by Crippen LogP contribution is 2.28. The number of aromatic nitrogens is 4. The van der Waals surface area contributed by atoms with Crippen LogP contribution >= 0.6 is 22.9 Å². The van der Waals surface area contributed by atoms with Gasteiger partial charge < -0.3 is 10.2 Å². The summed E-state index contributed by atoms with van der Waals surface area (Å²) in [7, 11) is 0. The van der Waals surface area contributed by atoms with Crippen molar-refractivity contribution in [3.8, 4) is 0 Å². The van der Waals surface area contributed by atoms with Crippen molar-refractivity contribution < 1.29 is 0 Å². The molecule has 0 aliphatic carbocycles. The van der Waals surface area contributed by atoms with E-state index in [0.717, 1.165) is 60.9 Å². The van der Waals surface area contributed by atoms with Gasteiger partial charge in [0.1, 0.15) is 5.82 Å². The Morgan fingerprint density at radius 2 is 2.04 bits per heavy atom. The molecule has 26 heavy (non-hydrogen) atoms. The predicted octanol–water partition coefficient (Wildman–Crippen LogP) is 2.99. The van der Waals surface area contributed by atoms with Gasteiger partial charge in [0, 0.05) is 42.5 Å². The van der Waals surface area contributed by atoms with E-state index in [4.69, 9.17) is 16.6 Å². The van der Waals surface area contributed by atoms with Crippen molar-refractivity contribution in [2.75, 3.05) is 31.1 Å². The third kappa shape index (κ3) is 2.72. The molecule has 5 rings (SSSR count). The molecule has 4 heterocycles. The zero-order chi connectivity index (χ0) is 17.5. The Morgan fingerprint density at radius 3 is 2.85 bits per heavy atom. The Morgan fingerprint density at radius 1 is 1.15 bits per heavy atom. The molecule has 0 radical (unpaired) electrons. The fourth-order valence-electron chi connectivity index (χ4n) is 3.42. The van der Waals surface area contributed by atoms with Gasteiger partial charge in [-0.15, -0.1) is 21.5 Å². The maximum absolute atomic E-state index is 6.27. The van der Waals surface area contributed by atoms with Crippen molar-refractivity contribution >= 4 is 45.4 Å². The Hall–Kier alpha value is -2.22. The van der Waals surface area contributed by atoms with Crippen molar-refractivity contribution in [2.24, 2.45) is 0 Å². The lowest BCUT2D eigenvalue weighted by Crippen LogP contribution is -2.44. The summed E-state index contributed by atoms with van der Waals surface area (Å²) in [6.45, 7) is 3.72. The number of piperazine rings is 1. The third-order valence-corrected chi connectivity index (χ3v) is 5.78. The quantitative estimate of drug-likeness (QED) is 0.588. The summed E-state index contributed by atoms with van der Waals surface area (Å²) < 4.78 is 2.12. The van der Waals surface area contributed by atoms with Gasteiger partial charge in [0.25, 0.3) is 0 Å². The number of hydrogen-bond donors (Lipinski definition) is 1. The van der Waals surface area contributed by atoms with Crippen LogP contribution in [0.5, 0.6) is 0 Å². The SMILES string of the molecule is Clc1ccc2nc(N3CCNCC3)c3nnc(Cc4cccs4)n3c2c1. The number of nitrogens with zero attached hydrogens (tertiary/aromatic N) is 5. The van der Waals surface area contributed by atoms with Gasteiger partial charge in [0.15, 0.2) is 5.82 Å². The van der Waals surface area contributed by atoms with E-state index in [2.05, 4.69) is 42.3 Å². The standard InChI is InChI=1S/C18H17ClN6S/c19-12-3-4-14-15(10-12)25-16(11-13-2-1-9-26-13)22-23-18(25)17(21-14)24-7-5-20-6-8-24/h1-4,9-10,20H,5-8,11H2. The summed E-state index contributed by atoms with van der Waals surface area (Å²) in [5, 5.41) is 15.2. The Balaban J connectivity index is 1.75. The van der Waals surface area contributed by atoms with E-state index in [1.54, 1.807) is 11.3 Å². The highest BCUT2D eigenvalue weighted by atomic mass is 35.5. The van der Waals surface area contributed by atoms with Crippen LogP contribution in [-0.2, 0) is 6.42 Å². The second-order valence-electron chi connectivity index (χ2n) is 6.34. The molecule has 6 nitrogen and oxygen atoms in total. The van der Waals surface area contributed by atoms with Gasteiger partial charge in [0.2, 0.25) is 5.65 Å². The predicted molar refractivity (Wildman–Crippen MR) is 106 cm³/mol. The maximum Gasteiger partial charge on any atom is 0.204 e. The summed E-state index contributed by atoms with van der Waals surface area (Å²) >= 11 is 8.00. The van der Waals surface area contributed by atoms with Crippen LogP contribution in [0, 0.1) is 0 Å². The molecule has 0 saturated carbocycles. The number of benzene rings is 1. The van der Waals surface area contributed by atoms with Gasteiger partial charge in [-0.25, -0.2) is 4.98 Å². The van der Waals surface area contributed by atoms with Gasteiger partial charge in [-0.05, 0) is 29.6 Å². The van der Waals surface area contributed by atoms with E-state index in [1.165, 1.54) is 4.88 Å². The summed E-state index contributed by atoms with van der Waals surface area (Å²) in [6, 6.07) is 9.98. The van der Waals surface area contributed by atoms with Crippen molar-refractivity contribution in [3.05, 3.63) is 51.4 Å². The molecule has 1 aromatic carbocycles. The van der Waals surface area contributed by atoms with Crippen LogP contribution in [0.4, 0.5) is 5.82 Å². The van der Waals surface area contributed by atoms with E-state index in [-0.39, 0.29) is 0 Å². The summed E-state index contributed by atoms with van der Waals surface area (Å²) in [6.07, 6.45) is 0.742. The molecule has 1 aliphatic heterocycles. The van der Waals surface area contributed by atoms with Gasteiger partial charge >= 0.3 is 0 Å². The smallest absolute Gasteiger partial charge is 0.204 e. The van der Waals surface area contributed by atoms with Crippen molar-refractivity contribution in [1.29, 1.82) is 0 Å². The topological polar surface area (TPSA) is 58.4 Å². The summed E-state index contributed by atoms with van der Waals surface area (Å²) in [5.74, 6) is 1.81. The number of fused-ring (bicyclic) bond motifs is 3. The number of rotatable bonds is 3. The van der Waals surface area contributed by atoms with Gasteiger partial charge in [0.05, 0.1) is 11.0 Å². The number of anilines is 1. The summed E-state index contributed by atoms with van der Waals surface area (Å²) in [4.78, 5) is 8.44. The molecule has 1 saturated heterocycles. The van der Waals surface area contributed by atoms with Crippen LogP contribution in [0.3, 0.4) is 0 Å². The molecule has 0 atom stereocenters. The van der Waals surface area contributed by atoms with Crippen molar-refractivity contribution in [2.45, 2.75) is 6.42 Å². The molecule has 0 amide bonds. The molecule has 4 aromatic rings. The zero-order valence-corrected chi connectivity index (χ0v) is 15.6. The molecule has 0 bridgehead atoms. The minimum absolute atomic E-state index is 0.686. The first kappa shape index (κ1) is 16.0. The van der Waals surface area contributed by atoms with Gasteiger partial charge in [-0.3, -0.25) is 4.40 Å². The highest BCUT2D eigenvalue weighted by Gasteiger charge is 2.21. The van der Waals surface area contributed by atoms with Crippen LogP contribution in [0.15, 0.2) is 35.7 Å². The van der Waals surface area contributed by atoms with E-state index in [1.807, 2.05) is 18.2 Å². The molecule has 8 heteroatoms. The van der Waals surface area contributed by atoms with Crippen LogP contribution in [0.2, 0.25) is 5.02 Å². The van der Waals surface area contributed by atoms with E-state index >= 15 is 0 Å². The normalized spacial score (nSPS) is 15.2. The van der Waals surface area contributed by atoms with Crippen molar-refractivity contribution in [1.82, 2.24) is 24.9 Å². The molecular weight excluding hydrogens is 368 g/mol. The van der Waals surface area contributed by atoms with Crippen LogP contribution in [0.25, 0.3) is 16.7 Å². The number of halogens is 1. The lowest BCUT2D eigenvalue weighted by molar-refractivity contribution is 0.586. The molecule has 1 aliphatic rings. The first-order chi connectivity index (χ1) is 12.8. The Kier molecular flexibility index (Phi) is 4.00. The highest BCUT2D eigenvalue weighted by molar-refractivity contribution is 7.09. The average Bonchev–Trinajstić information content (AvgIpc) is 3.33. The lowest BCUT2D eigenvalue weighted by Gasteiger charge is -2.28. The molecule has 0 spiro atoms. The minimum atomic E-state index is 0.686. The van der Waals surface area contributed by atoms with Gasteiger partial charge in [-0.1, -0.05) is 17.7 Å². The second kappa shape index (κ2) is 6.50. The molecule has 1 N–H and O–H groups in total. The fourth-order valence-corrected chi connectivity index (χ4v) is 4.29. The van der Waals surface area contributed by atoms with Crippen molar-refractivity contribution in [3.63, 3.8) is 0 Å². The molecule has 0 unspecified atom stereocenters. The number of thiophene rings is 1. The first-order valence-corrected chi connectivity index (χ1v) is 9.87. The van der Waals surface area contributed by atoms with Gasteiger partial charge in [-0.2, -0.15) is 0 Å². The first-order valence-electron chi connectivity index (χ1n) is 8.61. The maximum atomic E-state index is 6.27. The van der Waals surface area contributed by atoms with E-state index in [9.17, 15) is 0 Å². The minimum Gasteiger partial charge on any atom is -0.351 e. The molecule has 1 fully saturated rings. The molecule has 132 valence electrons. The van der Waals surface area contributed by atoms with Crippen LogP contribution < -0.4 is 10.2 Å². The largest absolute Gasteiger partial charge is 0.351 e. The number of nitrogens with one attached hydrogen (secondary N) is 1. The fraction of sp³-hybridized carbons (Fsp3) is 0.278. The molecular formula is C18H17ClN6S. The zero-order valence-electron chi connectivity index (χ0n) is 14.0. The van der Waals surface area contributed by atoms with E-state index < -0.39 is 0 Å². The lowest BCUT2D eigenvalue weighted by atomic mass is 10.2. The monoisotopic (exact) mass is 384 g/mol. The Bertz CT molecular complexity index is 1070. The second-order valence-corrected chi connectivity index (χ2v) is 7.81. The van der Waals surface area contributed by atoms with Crippen LogP contribution in [0.1, 0.15) is 10.7 Å². The number of hydrogen-bond acceptors (Lipinski definition) is 6. The third-order valence-electron chi connectivity index (χ3n) is 4.66. The van der Waals surface area contributed by atoms with E-state index in [0.29, 0.717) is 5.02 Å². The van der Waals surface area contributed by atoms with Crippen LogP contribution in [-0.4, -0.2) is 45.8 Å². The average molecular weight is 385 g/mol. The Labute approximate surface area is 159 Å². The summed E-state index contributed by atoms with van der Waals surface area (Å²) in [5.41, 5.74) is 2.65.